The average molecular weight is 395 g/mol. The number of fused-ring (bicyclic) bond motifs is 1. The number of hydrogen-bond donors (Lipinski definition) is 1. The maximum Gasteiger partial charge on any atom is 0.257 e. The standard InChI is InChI=1S/C22H19ClN2O3/c1-13-9-10-16-18(11-13)22(28)25(21(16)27)19-8-3-2-7-17(19)20(26)24-15-6-4-5-14(23)12-15/h2-9,12,16,18H,10-11H2,1H3,(H,24,26)/t16-,18-/m1/s1. The number of imide groups is 1. The molecular formula is C22H19ClN2O3. The first kappa shape index (κ1) is 18.4. The molecule has 2 aromatic carbocycles. The molecule has 0 saturated carbocycles. The fraction of sp³-hybridized carbons (Fsp3) is 0.227. The summed E-state index contributed by atoms with van der Waals surface area (Å²) in [7, 11) is 0. The lowest BCUT2D eigenvalue weighted by Gasteiger charge is -2.19. The van der Waals surface area contributed by atoms with Gasteiger partial charge in [0.15, 0.2) is 0 Å². The minimum atomic E-state index is -0.400. The molecule has 0 spiro atoms. The van der Waals surface area contributed by atoms with Gasteiger partial charge in [-0.15, -0.1) is 0 Å². The number of benzene rings is 2. The van der Waals surface area contributed by atoms with Crippen molar-refractivity contribution in [3.05, 3.63) is 70.8 Å². The Morgan fingerprint density at radius 3 is 2.61 bits per heavy atom. The van der Waals surface area contributed by atoms with E-state index in [1.807, 2.05) is 13.0 Å². The van der Waals surface area contributed by atoms with Crippen molar-refractivity contribution < 1.29 is 14.4 Å². The molecule has 28 heavy (non-hydrogen) atoms. The van der Waals surface area contributed by atoms with Crippen molar-refractivity contribution in [1.82, 2.24) is 0 Å². The highest BCUT2D eigenvalue weighted by atomic mass is 35.5. The van der Waals surface area contributed by atoms with E-state index in [0.29, 0.717) is 29.2 Å². The summed E-state index contributed by atoms with van der Waals surface area (Å²) in [5, 5.41) is 3.28. The lowest BCUT2D eigenvalue weighted by atomic mass is 9.82. The van der Waals surface area contributed by atoms with E-state index in [1.165, 1.54) is 4.90 Å². The summed E-state index contributed by atoms with van der Waals surface area (Å²) in [4.78, 5) is 40.0. The van der Waals surface area contributed by atoms with Gasteiger partial charge >= 0.3 is 0 Å². The van der Waals surface area contributed by atoms with Crippen LogP contribution < -0.4 is 10.2 Å². The van der Waals surface area contributed by atoms with E-state index in [2.05, 4.69) is 5.32 Å². The van der Waals surface area contributed by atoms with Crippen molar-refractivity contribution in [1.29, 1.82) is 0 Å². The molecule has 0 bridgehead atoms. The summed E-state index contributed by atoms with van der Waals surface area (Å²) in [6.07, 6.45) is 3.17. The number of para-hydroxylation sites is 1. The molecule has 0 aromatic heterocycles. The second-order valence-corrected chi connectivity index (χ2v) is 7.63. The maximum absolute atomic E-state index is 13.0. The predicted octanol–water partition coefficient (Wildman–Crippen LogP) is 4.44. The summed E-state index contributed by atoms with van der Waals surface area (Å²) in [6, 6.07) is 13.5. The van der Waals surface area contributed by atoms with Gasteiger partial charge in [0.2, 0.25) is 11.8 Å². The molecule has 2 aromatic rings. The van der Waals surface area contributed by atoms with E-state index >= 15 is 0 Å². The number of nitrogens with one attached hydrogen (secondary N) is 1. The van der Waals surface area contributed by atoms with Crippen LogP contribution >= 0.6 is 11.6 Å². The summed E-state index contributed by atoms with van der Waals surface area (Å²) in [5.74, 6) is -1.56. The zero-order chi connectivity index (χ0) is 19.8. The molecule has 1 heterocycles. The zero-order valence-electron chi connectivity index (χ0n) is 15.3. The fourth-order valence-electron chi connectivity index (χ4n) is 3.90. The number of allylic oxidation sites excluding steroid dienone is 2. The third kappa shape index (κ3) is 3.22. The van der Waals surface area contributed by atoms with E-state index in [0.717, 1.165) is 5.57 Å². The lowest BCUT2D eigenvalue weighted by Crippen LogP contribution is -2.33. The lowest BCUT2D eigenvalue weighted by molar-refractivity contribution is -0.122. The van der Waals surface area contributed by atoms with Gasteiger partial charge in [0.05, 0.1) is 23.1 Å². The molecule has 3 amide bonds. The number of anilines is 2. The van der Waals surface area contributed by atoms with Crippen molar-refractivity contribution in [3.63, 3.8) is 0 Å². The van der Waals surface area contributed by atoms with E-state index < -0.39 is 5.91 Å². The van der Waals surface area contributed by atoms with E-state index in [4.69, 9.17) is 11.6 Å². The second-order valence-electron chi connectivity index (χ2n) is 7.20. The Morgan fingerprint density at radius 1 is 1.07 bits per heavy atom. The van der Waals surface area contributed by atoms with Crippen LogP contribution in [0.2, 0.25) is 5.02 Å². The van der Waals surface area contributed by atoms with Gasteiger partial charge in [0, 0.05) is 10.7 Å². The van der Waals surface area contributed by atoms with Crippen molar-refractivity contribution in [3.8, 4) is 0 Å². The first-order valence-corrected chi connectivity index (χ1v) is 9.53. The van der Waals surface area contributed by atoms with Gasteiger partial charge in [-0.25, -0.2) is 4.90 Å². The van der Waals surface area contributed by atoms with Crippen molar-refractivity contribution >= 4 is 40.7 Å². The molecule has 6 heteroatoms. The fourth-order valence-corrected chi connectivity index (χ4v) is 4.09. The molecular weight excluding hydrogens is 376 g/mol. The first-order valence-electron chi connectivity index (χ1n) is 9.15. The van der Waals surface area contributed by atoms with Crippen LogP contribution in [0, 0.1) is 11.8 Å². The largest absolute Gasteiger partial charge is 0.322 e. The molecule has 2 atom stereocenters. The number of carbonyl (C=O) groups is 3. The Bertz CT molecular complexity index is 1010. The van der Waals surface area contributed by atoms with Crippen LogP contribution in [0.15, 0.2) is 60.2 Å². The molecule has 0 radical (unpaired) electrons. The minimum Gasteiger partial charge on any atom is -0.322 e. The number of carbonyl (C=O) groups excluding carboxylic acids is 3. The monoisotopic (exact) mass is 394 g/mol. The Kier molecular flexibility index (Phi) is 4.77. The Morgan fingerprint density at radius 2 is 1.82 bits per heavy atom. The van der Waals surface area contributed by atoms with E-state index in [9.17, 15) is 14.4 Å². The van der Waals surface area contributed by atoms with Gasteiger partial charge in [0.1, 0.15) is 0 Å². The average Bonchev–Trinajstić information content (AvgIpc) is 2.91. The normalized spacial score (nSPS) is 21.4. The molecule has 1 N–H and O–H groups in total. The second kappa shape index (κ2) is 7.24. The van der Waals surface area contributed by atoms with Crippen LogP contribution in [0.5, 0.6) is 0 Å². The summed E-state index contributed by atoms with van der Waals surface area (Å²) >= 11 is 5.98. The molecule has 142 valence electrons. The highest BCUT2D eigenvalue weighted by molar-refractivity contribution is 6.31. The number of halogens is 1. The molecule has 1 saturated heterocycles. The van der Waals surface area contributed by atoms with Crippen molar-refractivity contribution in [2.24, 2.45) is 11.8 Å². The van der Waals surface area contributed by atoms with Gasteiger partial charge in [-0.1, -0.05) is 41.4 Å². The van der Waals surface area contributed by atoms with E-state index in [1.54, 1.807) is 48.5 Å². The van der Waals surface area contributed by atoms with Gasteiger partial charge in [-0.05, 0) is 50.1 Å². The molecule has 1 fully saturated rings. The van der Waals surface area contributed by atoms with Gasteiger partial charge < -0.3 is 5.32 Å². The topological polar surface area (TPSA) is 66.5 Å². The molecule has 1 aliphatic heterocycles. The van der Waals surface area contributed by atoms with Crippen LogP contribution in [0.25, 0.3) is 0 Å². The SMILES string of the molecule is CC1=CC[C@H]2C(=O)N(c3ccccc3C(=O)Nc3cccc(Cl)c3)C(=O)[C@@H]2C1. The summed E-state index contributed by atoms with van der Waals surface area (Å²) in [5.41, 5.74) is 2.26. The third-order valence-corrected chi connectivity index (χ3v) is 5.53. The smallest absolute Gasteiger partial charge is 0.257 e. The molecule has 0 unspecified atom stereocenters. The highest BCUT2D eigenvalue weighted by Gasteiger charge is 2.49. The molecule has 4 rings (SSSR count). The summed E-state index contributed by atoms with van der Waals surface area (Å²) < 4.78 is 0. The Hall–Kier alpha value is -2.92. The van der Waals surface area contributed by atoms with Gasteiger partial charge in [-0.2, -0.15) is 0 Å². The quantitative estimate of drug-likeness (QED) is 0.618. The molecule has 2 aliphatic rings. The first-order chi connectivity index (χ1) is 13.5. The van der Waals surface area contributed by atoms with Crippen LogP contribution in [0.3, 0.4) is 0 Å². The van der Waals surface area contributed by atoms with Crippen LogP contribution in [-0.2, 0) is 9.59 Å². The van der Waals surface area contributed by atoms with Crippen LogP contribution in [0.1, 0.15) is 30.1 Å². The number of nitrogens with zero attached hydrogens (tertiary/aromatic N) is 1. The number of rotatable bonds is 3. The van der Waals surface area contributed by atoms with Gasteiger partial charge in [0.25, 0.3) is 5.91 Å². The highest BCUT2D eigenvalue weighted by Crippen LogP contribution is 2.40. The zero-order valence-corrected chi connectivity index (χ0v) is 16.1. The summed E-state index contributed by atoms with van der Waals surface area (Å²) in [6.45, 7) is 1.98. The number of hydrogen-bond acceptors (Lipinski definition) is 3. The predicted molar refractivity (Wildman–Crippen MR) is 108 cm³/mol. The van der Waals surface area contributed by atoms with Crippen LogP contribution in [0.4, 0.5) is 11.4 Å². The Labute approximate surface area is 168 Å². The number of amides is 3. The van der Waals surface area contributed by atoms with Crippen LogP contribution in [-0.4, -0.2) is 17.7 Å². The Balaban J connectivity index is 1.66. The minimum absolute atomic E-state index is 0.231. The third-order valence-electron chi connectivity index (χ3n) is 5.30. The maximum atomic E-state index is 13.0. The van der Waals surface area contributed by atoms with Gasteiger partial charge in [-0.3, -0.25) is 14.4 Å². The van der Waals surface area contributed by atoms with Crippen molar-refractivity contribution in [2.45, 2.75) is 19.8 Å². The van der Waals surface area contributed by atoms with E-state index in [-0.39, 0.29) is 29.2 Å². The molecule has 1 aliphatic carbocycles. The molecule has 5 nitrogen and oxygen atoms in total. The van der Waals surface area contributed by atoms with Crippen molar-refractivity contribution in [2.75, 3.05) is 10.2 Å².